The maximum absolute atomic E-state index is 2.22. The molecule has 0 spiro atoms. The zero-order chi connectivity index (χ0) is 10.7. The fourth-order valence-electron chi connectivity index (χ4n) is 1.67. The molecule has 0 fully saturated rings. The van der Waals surface area contributed by atoms with Gasteiger partial charge in [0.25, 0.3) is 0 Å². The lowest BCUT2D eigenvalue weighted by molar-refractivity contribution is -0.710. The summed E-state index contributed by atoms with van der Waals surface area (Å²) in [5.74, 6) is 0. The average Bonchev–Trinajstić information content (AvgIpc) is 2.30. The first kappa shape index (κ1) is 12.9. The standard InChI is InChI=1S/C14H16N.BrH/c1-12-8-10-15(11-9-12)13(2)14-6-4-3-5-7-14;/h3-11,13H,1-2H3;1H/q+1;/p-1. The van der Waals surface area contributed by atoms with Crippen molar-refractivity contribution in [1.29, 1.82) is 0 Å². The molecule has 1 aromatic heterocycles. The van der Waals surface area contributed by atoms with Crippen LogP contribution in [0.4, 0.5) is 0 Å². The van der Waals surface area contributed by atoms with Crippen molar-refractivity contribution in [2.24, 2.45) is 0 Å². The molecule has 1 unspecified atom stereocenters. The Morgan fingerprint density at radius 3 is 2.06 bits per heavy atom. The van der Waals surface area contributed by atoms with Gasteiger partial charge in [-0.05, 0) is 12.5 Å². The van der Waals surface area contributed by atoms with E-state index in [0.717, 1.165) is 0 Å². The molecule has 16 heavy (non-hydrogen) atoms. The molecule has 1 atom stereocenters. The monoisotopic (exact) mass is 277 g/mol. The van der Waals surface area contributed by atoms with Crippen LogP contribution in [0.5, 0.6) is 0 Å². The van der Waals surface area contributed by atoms with Gasteiger partial charge in [0.05, 0.1) is 0 Å². The first-order valence-electron chi connectivity index (χ1n) is 5.30. The number of halogens is 1. The molecule has 0 saturated carbocycles. The molecule has 1 aromatic carbocycles. The second kappa shape index (κ2) is 5.80. The predicted molar refractivity (Wildman–Crippen MR) is 61.6 cm³/mol. The Hall–Kier alpha value is -1.15. The Kier molecular flexibility index (Phi) is 4.69. The maximum Gasteiger partial charge on any atom is 0.180 e. The number of hydrogen-bond donors (Lipinski definition) is 0. The SMILES string of the molecule is Cc1cc[n+](C(C)c2ccccc2)cc1.[Br-]. The molecule has 0 N–H and O–H groups in total. The Morgan fingerprint density at radius 2 is 1.50 bits per heavy atom. The minimum Gasteiger partial charge on any atom is -1.00 e. The molecule has 0 aliphatic carbocycles. The summed E-state index contributed by atoms with van der Waals surface area (Å²) in [7, 11) is 0. The average molecular weight is 278 g/mol. The van der Waals surface area contributed by atoms with E-state index < -0.39 is 0 Å². The number of pyridine rings is 1. The van der Waals surface area contributed by atoms with Crippen molar-refractivity contribution in [2.75, 3.05) is 0 Å². The van der Waals surface area contributed by atoms with Crippen molar-refractivity contribution in [1.82, 2.24) is 0 Å². The third-order valence-electron chi connectivity index (χ3n) is 2.75. The first-order valence-corrected chi connectivity index (χ1v) is 5.30. The molecule has 0 aliphatic rings. The van der Waals surface area contributed by atoms with Crippen LogP contribution < -0.4 is 21.5 Å². The van der Waals surface area contributed by atoms with Crippen LogP contribution in [0.25, 0.3) is 0 Å². The molecule has 0 amide bonds. The summed E-state index contributed by atoms with van der Waals surface area (Å²) in [5, 5.41) is 0. The third-order valence-corrected chi connectivity index (χ3v) is 2.75. The van der Waals surface area contributed by atoms with E-state index in [1.807, 2.05) is 0 Å². The van der Waals surface area contributed by atoms with E-state index in [0.29, 0.717) is 6.04 Å². The van der Waals surface area contributed by atoms with E-state index in [4.69, 9.17) is 0 Å². The van der Waals surface area contributed by atoms with E-state index in [9.17, 15) is 0 Å². The molecular formula is C14H16BrN. The molecular weight excluding hydrogens is 262 g/mol. The highest BCUT2D eigenvalue weighted by atomic mass is 79.9. The third kappa shape index (κ3) is 2.92. The van der Waals surface area contributed by atoms with Gasteiger partial charge in [0.2, 0.25) is 0 Å². The van der Waals surface area contributed by atoms with Gasteiger partial charge in [0.1, 0.15) is 0 Å². The quantitative estimate of drug-likeness (QED) is 0.675. The fourth-order valence-corrected chi connectivity index (χ4v) is 1.67. The summed E-state index contributed by atoms with van der Waals surface area (Å²) in [4.78, 5) is 0. The Labute approximate surface area is 108 Å². The molecule has 0 aliphatic heterocycles. The van der Waals surface area contributed by atoms with Crippen molar-refractivity contribution in [3.05, 3.63) is 66.0 Å². The summed E-state index contributed by atoms with van der Waals surface area (Å²) >= 11 is 0. The topological polar surface area (TPSA) is 3.88 Å². The lowest BCUT2D eigenvalue weighted by Gasteiger charge is -2.06. The number of aromatic nitrogens is 1. The predicted octanol–water partition coefficient (Wildman–Crippen LogP) is -0.104. The van der Waals surface area contributed by atoms with Gasteiger partial charge in [-0.1, -0.05) is 30.3 Å². The highest BCUT2D eigenvalue weighted by molar-refractivity contribution is 5.16. The van der Waals surface area contributed by atoms with Gasteiger partial charge in [-0.3, -0.25) is 0 Å². The molecule has 1 nitrogen and oxygen atoms in total. The first-order chi connectivity index (χ1) is 7.27. The van der Waals surface area contributed by atoms with Crippen LogP contribution in [0.15, 0.2) is 54.9 Å². The van der Waals surface area contributed by atoms with Gasteiger partial charge < -0.3 is 17.0 Å². The van der Waals surface area contributed by atoms with E-state index in [1.165, 1.54) is 11.1 Å². The fraction of sp³-hybridized carbons (Fsp3) is 0.214. The van der Waals surface area contributed by atoms with Crippen LogP contribution in [0, 0.1) is 6.92 Å². The molecule has 2 aromatic rings. The van der Waals surface area contributed by atoms with Crippen LogP contribution in [0.2, 0.25) is 0 Å². The number of benzene rings is 1. The van der Waals surface area contributed by atoms with Crippen molar-refractivity contribution in [2.45, 2.75) is 19.9 Å². The summed E-state index contributed by atoms with van der Waals surface area (Å²) < 4.78 is 2.22. The zero-order valence-corrected chi connectivity index (χ0v) is 11.2. The molecule has 2 rings (SSSR count). The number of hydrogen-bond acceptors (Lipinski definition) is 0. The molecule has 0 radical (unpaired) electrons. The Balaban J connectivity index is 0.00000128. The summed E-state index contributed by atoms with van der Waals surface area (Å²) in [6.07, 6.45) is 4.26. The van der Waals surface area contributed by atoms with E-state index >= 15 is 0 Å². The van der Waals surface area contributed by atoms with Crippen molar-refractivity contribution < 1.29 is 21.5 Å². The molecule has 1 heterocycles. The van der Waals surface area contributed by atoms with Crippen LogP contribution in [0.1, 0.15) is 24.1 Å². The number of aryl methyl sites for hydroxylation is 1. The van der Waals surface area contributed by atoms with E-state index in [-0.39, 0.29) is 17.0 Å². The highest BCUT2D eigenvalue weighted by Gasteiger charge is 2.13. The van der Waals surface area contributed by atoms with Gasteiger partial charge in [0, 0.05) is 24.6 Å². The van der Waals surface area contributed by atoms with Gasteiger partial charge in [-0.2, -0.15) is 4.57 Å². The van der Waals surface area contributed by atoms with Crippen LogP contribution >= 0.6 is 0 Å². The highest BCUT2D eigenvalue weighted by Crippen LogP contribution is 2.10. The van der Waals surface area contributed by atoms with E-state index in [2.05, 4.69) is 73.3 Å². The largest absolute Gasteiger partial charge is 1.00 e. The van der Waals surface area contributed by atoms with Crippen molar-refractivity contribution in [3.8, 4) is 0 Å². The number of nitrogens with zero attached hydrogens (tertiary/aromatic N) is 1. The minimum atomic E-state index is 0. The second-order valence-electron chi connectivity index (χ2n) is 3.91. The van der Waals surface area contributed by atoms with Gasteiger partial charge in [-0.25, -0.2) is 0 Å². The maximum atomic E-state index is 2.22. The summed E-state index contributed by atoms with van der Waals surface area (Å²) in [5.41, 5.74) is 2.64. The van der Waals surface area contributed by atoms with Crippen molar-refractivity contribution >= 4 is 0 Å². The van der Waals surface area contributed by atoms with Crippen LogP contribution in [-0.4, -0.2) is 0 Å². The minimum absolute atomic E-state index is 0. The lowest BCUT2D eigenvalue weighted by Crippen LogP contribution is -3.00. The second-order valence-corrected chi connectivity index (χ2v) is 3.91. The molecule has 2 heteroatoms. The van der Waals surface area contributed by atoms with E-state index in [1.54, 1.807) is 0 Å². The lowest BCUT2D eigenvalue weighted by atomic mass is 10.1. The van der Waals surface area contributed by atoms with Gasteiger partial charge >= 0.3 is 0 Å². The summed E-state index contributed by atoms with van der Waals surface area (Å²) in [6.45, 7) is 4.32. The van der Waals surface area contributed by atoms with Crippen LogP contribution in [0.3, 0.4) is 0 Å². The zero-order valence-electron chi connectivity index (χ0n) is 9.60. The smallest absolute Gasteiger partial charge is 0.180 e. The Bertz CT molecular complexity index is 422. The summed E-state index contributed by atoms with van der Waals surface area (Å²) in [6, 6.07) is 15.2. The normalized spacial score (nSPS) is 11.6. The van der Waals surface area contributed by atoms with Crippen molar-refractivity contribution in [3.63, 3.8) is 0 Å². The molecule has 0 bridgehead atoms. The Morgan fingerprint density at radius 1 is 0.938 bits per heavy atom. The molecule has 84 valence electrons. The van der Waals surface area contributed by atoms with Gasteiger partial charge in [0.15, 0.2) is 18.4 Å². The molecule has 0 saturated heterocycles. The van der Waals surface area contributed by atoms with Crippen LogP contribution in [-0.2, 0) is 0 Å². The number of rotatable bonds is 2. The van der Waals surface area contributed by atoms with Gasteiger partial charge in [-0.15, -0.1) is 0 Å².